The predicted octanol–water partition coefficient (Wildman–Crippen LogP) is 1.61. The molecule has 0 radical (unpaired) electrons. The molecule has 1 saturated heterocycles. The lowest BCUT2D eigenvalue weighted by Gasteiger charge is -2.25. The van der Waals surface area contributed by atoms with E-state index in [0.717, 1.165) is 25.6 Å². The Morgan fingerprint density at radius 2 is 2.19 bits per heavy atom. The van der Waals surface area contributed by atoms with E-state index < -0.39 is 0 Å². The zero-order chi connectivity index (χ0) is 11.4. The van der Waals surface area contributed by atoms with Crippen molar-refractivity contribution in [1.29, 1.82) is 0 Å². The molecular weight excluding hydrogens is 204 g/mol. The van der Waals surface area contributed by atoms with Gasteiger partial charge >= 0.3 is 6.09 Å². The molecule has 0 bridgehead atoms. The summed E-state index contributed by atoms with van der Waals surface area (Å²) in [6.45, 7) is 5.12. The average molecular weight is 226 g/mol. The quantitative estimate of drug-likeness (QED) is 0.774. The summed E-state index contributed by atoms with van der Waals surface area (Å²) < 4.78 is 5.10. The Morgan fingerprint density at radius 1 is 1.38 bits per heavy atom. The number of nitrogens with one attached hydrogen (secondary N) is 1. The maximum Gasteiger partial charge on any atom is 0.409 e. The van der Waals surface area contributed by atoms with Gasteiger partial charge in [0.25, 0.3) is 0 Å². The van der Waals surface area contributed by atoms with E-state index in [9.17, 15) is 4.79 Å². The maximum atomic E-state index is 11.8. The van der Waals surface area contributed by atoms with Crippen LogP contribution in [0.4, 0.5) is 4.79 Å². The van der Waals surface area contributed by atoms with Crippen LogP contribution in [-0.2, 0) is 4.74 Å². The number of nitrogens with zero attached hydrogens (tertiary/aromatic N) is 1. The molecule has 0 aromatic carbocycles. The molecule has 1 heterocycles. The number of amides is 1. The molecule has 1 aliphatic carbocycles. The van der Waals surface area contributed by atoms with Crippen LogP contribution in [0, 0.1) is 5.92 Å². The van der Waals surface area contributed by atoms with E-state index in [-0.39, 0.29) is 6.09 Å². The van der Waals surface area contributed by atoms with Crippen molar-refractivity contribution in [2.24, 2.45) is 5.92 Å². The highest BCUT2D eigenvalue weighted by Gasteiger charge is 2.29. The van der Waals surface area contributed by atoms with Crippen LogP contribution >= 0.6 is 0 Å². The van der Waals surface area contributed by atoms with Crippen LogP contribution in [0.15, 0.2) is 0 Å². The van der Waals surface area contributed by atoms with Crippen molar-refractivity contribution in [3.05, 3.63) is 0 Å². The van der Waals surface area contributed by atoms with Crippen molar-refractivity contribution < 1.29 is 9.53 Å². The SMILES string of the molecule is CCOC(=O)N(CC1CC1)CC1CCCN1. The van der Waals surface area contributed by atoms with Crippen LogP contribution < -0.4 is 5.32 Å². The molecule has 92 valence electrons. The first kappa shape index (κ1) is 11.7. The van der Waals surface area contributed by atoms with Gasteiger partial charge in [-0.2, -0.15) is 0 Å². The van der Waals surface area contributed by atoms with E-state index in [0.29, 0.717) is 12.6 Å². The fraction of sp³-hybridized carbons (Fsp3) is 0.917. The third-order valence-electron chi connectivity index (χ3n) is 3.30. The smallest absolute Gasteiger partial charge is 0.409 e. The van der Waals surface area contributed by atoms with Crippen LogP contribution in [0.1, 0.15) is 32.6 Å². The van der Waals surface area contributed by atoms with Gasteiger partial charge in [0.15, 0.2) is 0 Å². The van der Waals surface area contributed by atoms with Gasteiger partial charge in [-0.15, -0.1) is 0 Å². The lowest BCUT2D eigenvalue weighted by atomic mass is 10.2. The Morgan fingerprint density at radius 3 is 2.75 bits per heavy atom. The van der Waals surface area contributed by atoms with Gasteiger partial charge in [0.2, 0.25) is 0 Å². The van der Waals surface area contributed by atoms with Crippen molar-refractivity contribution in [2.75, 3.05) is 26.2 Å². The average Bonchev–Trinajstić information content (AvgIpc) is 2.92. The fourth-order valence-electron chi connectivity index (χ4n) is 2.23. The van der Waals surface area contributed by atoms with E-state index in [4.69, 9.17) is 4.74 Å². The molecule has 1 saturated carbocycles. The fourth-order valence-corrected chi connectivity index (χ4v) is 2.23. The zero-order valence-corrected chi connectivity index (χ0v) is 10.1. The molecule has 1 unspecified atom stereocenters. The van der Waals surface area contributed by atoms with Gasteiger partial charge in [-0.1, -0.05) is 0 Å². The highest BCUT2D eigenvalue weighted by Crippen LogP contribution is 2.30. The number of hydrogen-bond donors (Lipinski definition) is 1. The molecule has 0 aromatic rings. The van der Waals surface area contributed by atoms with Crippen molar-refractivity contribution in [2.45, 2.75) is 38.6 Å². The second kappa shape index (κ2) is 5.53. The normalized spacial score (nSPS) is 24.4. The van der Waals surface area contributed by atoms with Crippen LogP contribution in [0.3, 0.4) is 0 Å². The third-order valence-corrected chi connectivity index (χ3v) is 3.30. The molecule has 2 aliphatic rings. The van der Waals surface area contributed by atoms with E-state index in [1.54, 1.807) is 0 Å². The highest BCUT2D eigenvalue weighted by atomic mass is 16.6. The Bertz CT molecular complexity index is 235. The van der Waals surface area contributed by atoms with E-state index >= 15 is 0 Å². The summed E-state index contributed by atoms with van der Waals surface area (Å²) in [5.74, 6) is 0.728. The molecule has 4 heteroatoms. The Balaban J connectivity index is 1.81. The van der Waals surface area contributed by atoms with Crippen LogP contribution in [0.5, 0.6) is 0 Å². The first-order valence-corrected chi connectivity index (χ1v) is 6.44. The number of hydrogen-bond acceptors (Lipinski definition) is 3. The summed E-state index contributed by atoms with van der Waals surface area (Å²) in [6.07, 6.45) is 4.82. The summed E-state index contributed by atoms with van der Waals surface area (Å²) in [5, 5.41) is 3.43. The summed E-state index contributed by atoms with van der Waals surface area (Å²) in [4.78, 5) is 13.7. The minimum absolute atomic E-state index is 0.136. The van der Waals surface area contributed by atoms with E-state index in [1.807, 2.05) is 11.8 Å². The van der Waals surface area contributed by atoms with Gasteiger partial charge in [-0.25, -0.2) is 4.79 Å². The summed E-state index contributed by atoms with van der Waals surface area (Å²) >= 11 is 0. The Labute approximate surface area is 97.3 Å². The molecule has 1 N–H and O–H groups in total. The van der Waals surface area contributed by atoms with Crippen molar-refractivity contribution in [3.8, 4) is 0 Å². The molecule has 2 fully saturated rings. The second-order valence-corrected chi connectivity index (χ2v) is 4.84. The summed E-state index contributed by atoms with van der Waals surface area (Å²) in [5.41, 5.74) is 0. The molecule has 0 spiro atoms. The number of ether oxygens (including phenoxy) is 1. The molecule has 1 amide bonds. The number of carbonyl (C=O) groups is 1. The van der Waals surface area contributed by atoms with Crippen LogP contribution in [-0.4, -0.2) is 43.3 Å². The van der Waals surface area contributed by atoms with Crippen LogP contribution in [0.25, 0.3) is 0 Å². The summed E-state index contributed by atoms with van der Waals surface area (Å²) in [6, 6.07) is 0.475. The molecule has 2 rings (SSSR count). The predicted molar refractivity (Wildman–Crippen MR) is 62.3 cm³/mol. The highest BCUT2D eigenvalue weighted by molar-refractivity contribution is 5.67. The van der Waals surface area contributed by atoms with Crippen molar-refractivity contribution in [3.63, 3.8) is 0 Å². The van der Waals surface area contributed by atoms with E-state index in [2.05, 4.69) is 5.32 Å². The van der Waals surface area contributed by atoms with Gasteiger partial charge in [-0.3, -0.25) is 0 Å². The van der Waals surface area contributed by atoms with Crippen molar-refractivity contribution >= 4 is 6.09 Å². The first-order valence-electron chi connectivity index (χ1n) is 6.44. The van der Waals surface area contributed by atoms with Crippen LogP contribution in [0.2, 0.25) is 0 Å². The van der Waals surface area contributed by atoms with Crippen molar-refractivity contribution in [1.82, 2.24) is 10.2 Å². The first-order chi connectivity index (χ1) is 7.79. The molecule has 1 atom stereocenters. The second-order valence-electron chi connectivity index (χ2n) is 4.84. The number of rotatable bonds is 5. The van der Waals surface area contributed by atoms with Gasteiger partial charge in [-0.05, 0) is 45.1 Å². The van der Waals surface area contributed by atoms with Gasteiger partial charge in [0.05, 0.1) is 6.61 Å². The molecule has 1 aliphatic heterocycles. The zero-order valence-electron chi connectivity index (χ0n) is 10.1. The van der Waals surface area contributed by atoms with Gasteiger partial charge in [0.1, 0.15) is 0 Å². The van der Waals surface area contributed by atoms with Gasteiger partial charge in [0, 0.05) is 19.1 Å². The molecular formula is C12H22N2O2. The third kappa shape index (κ3) is 3.37. The summed E-state index contributed by atoms with van der Waals surface area (Å²) in [7, 11) is 0. The maximum absolute atomic E-state index is 11.8. The standard InChI is InChI=1S/C12H22N2O2/c1-2-16-12(15)14(8-10-5-6-10)9-11-4-3-7-13-11/h10-11,13H,2-9H2,1H3. The minimum atomic E-state index is -0.136. The molecule has 0 aromatic heterocycles. The lowest BCUT2D eigenvalue weighted by molar-refractivity contribution is 0.102. The van der Waals surface area contributed by atoms with Gasteiger partial charge < -0.3 is 15.0 Å². The lowest BCUT2D eigenvalue weighted by Crippen LogP contribution is -2.42. The Hall–Kier alpha value is -0.770. The largest absolute Gasteiger partial charge is 0.450 e. The number of carbonyl (C=O) groups excluding carboxylic acids is 1. The minimum Gasteiger partial charge on any atom is -0.450 e. The molecule has 16 heavy (non-hydrogen) atoms. The topological polar surface area (TPSA) is 41.6 Å². The molecule has 4 nitrogen and oxygen atoms in total. The monoisotopic (exact) mass is 226 g/mol. The Kier molecular flexibility index (Phi) is 4.04. The van der Waals surface area contributed by atoms with E-state index in [1.165, 1.54) is 25.7 Å².